The number of aromatic nitrogens is 1. The summed E-state index contributed by atoms with van der Waals surface area (Å²) in [6.07, 6.45) is 9.68. The molecule has 0 radical (unpaired) electrons. The van der Waals surface area contributed by atoms with Crippen molar-refractivity contribution in [3.8, 4) is 5.69 Å². The van der Waals surface area contributed by atoms with Gasteiger partial charge in [-0.3, -0.25) is 0 Å². The first-order valence-electron chi connectivity index (χ1n) is 9.45. The normalized spacial score (nSPS) is 19.0. The van der Waals surface area contributed by atoms with Gasteiger partial charge in [0, 0.05) is 22.1 Å². The first-order chi connectivity index (χ1) is 13.2. The van der Waals surface area contributed by atoms with Gasteiger partial charge in [0.2, 0.25) is 0 Å². The molecule has 3 aromatic carbocycles. The molecule has 2 nitrogen and oxygen atoms in total. The third-order valence-corrected chi connectivity index (χ3v) is 5.37. The van der Waals surface area contributed by atoms with Crippen LogP contribution < -0.4 is 5.32 Å². The second kappa shape index (κ2) is 6.17. The van der Waals surface area contributed by atoms with Gasteiger partial charge in [-0.1, -0.05) is 60.7 Å². The molecule has 0 aliphatic heterocycles. The lowest BCUT2D eigenvalue weighted by molar-refractivity contribution is 0.641. The predicted molar refractivity (Wildman–Crippen MR) is 116 cm³/mol. The largest absolute Gasteiger partial charge is 0.376 e. The molecule has 1 atom stereocenters. The zero-order valence-electron chi connectivity index (χ0n) is 15.4. The van der Waals surface area contributed by atoms with Gasteiger partial charge in [0.05, 0.1) is 16.6 Å². The van der Waals surface area contributed by atoms with Crippen LogP contribution >= 0.6 is 0 Å². The average Bonchev–Trinajstić information content (AvgIpc) is 3.03. The fraction of sp³-hybridized carbons (Fsp3) is 0.120. The zero-order valence-corrected chi connectivity index (χ0v) is 15.4. The van der Waals surface area contributed by atoms with Gasteiger partial charge in [-0.05, 0) is 49.7 Å². The van der Waals surface area contributed by atoms with Crippen LogP contribution in [-0.2, 0) is 0 Å². The molecule has 1 aromatic heterocycles. The molecule has 1 unspecified atom stereocenters. The summed E-state index contributed by atoms with van der Waals surface area (Å²) in [7, 11) is 0. The van der Waals surface area contributed by atoms with Crippen molar-refractivity contribution in [1.82, 2.24) is 4.57 Å². The molecule has 1 N–H and O–H groups in total. The molecule has 0 spiro atoms. The van der Waals surface area contributed by atoms with E-state index < -0.39 is 0 Å². The second-order valence-corrected chi connectivity index (χ2v) is 7.45. The van der Waals surface area contributed by atoms with Crippen molar-refractivity contribution in [2.45, 2.75) is 18.9 Å². The van der Waals surface area contributed by atoms with Crippen LogP contribution in [0.3, 0.4) is 0 Å². The van der Waals surface area contributed by atoms with Crippen molar-refractivity contribution in [1.29, 1.82) is 0 Å². The molecule has 1 aliphatic rings. The number of rotatable bonds is 3. The van der Waals surface area contributed by atoms with Crippen LogP contribution in [0.4, 0.5) is 5.69 Å². The number of nitrogens with zero attached hydrogens (tertiary/aromatic N) is 1. The summed E-state index contributed by atoms with van der Waals surface area (Å²) < 4.78 is 2.35. The van der Waals surface area contributed by atoms with Crippen LogP contribution in [0.1, 0.15) is 13.3 Å². The van der Waals surface area contributed by atoms with Gasteiger partial charge in [0.15, 0.2) is 0 Å². The van der Waals surface area contributed by atoms with Gasteiger partial charge >= 0.3 is 0 Å². The van der Waals surface area contributed by atoms with E-state index in [0.717, 1.165) is 12.1 Å². The molecule has 0 saturated carbocycles. The molecular formula is C25H22N2. The molecule has 132 valence electrons. The molecule has 5 rings (SSSR count). The van der Waals surface area contributed by atoms with Gasteiger partial charge in [-0.2, -0.15) is 0 Å². The lowest BCUT2D eigenvalue weighted by Crippen LogP contribution is -2.32. The van der Waals surface area contributed by atoms with Crippen LogP contribution in [-0.4, -0.2) is 10.1 Å². The number of fused-ring (bicyclic) bond motifs is 3. The van der Waals surface area contributed by atoms with E-state index in [4.69, 9.17) is 0 Å². The first kappa shape index (κ1) is 16.0. The Morgan fingerprint density at radius 2 is 1.59 bits per heavy atom. The summed E-state index contributed by atoms with van der Waals surface area (Å²) in [5.74, 6) is 0. The first-order valence-corrected chi connectivity index (χ1v) is 9.45. The maximum absolute atomic E-state index is 3.72. The lowest BCUT2D eigenvalue weighted by Gasteiger charge is -2.29. The molecule has 0 fully saturated rings. The Labute approximate surface area is 159 Å². The standard InChI is InChI=1S/C25H22N2/c1-25(16-8-3-9-17-25)26-19-14-15-24-22(18-19)21-12-6-7-13-23(21)27(24)20-10-4-2-5-11-20/h2-16,18,26H,17H2,1H3. The van der Waals surface area contributed by atoms with Crippen LogP contribution in [0, 0.1) is 0 Å². The van der Waals surface area contributed by atoms with Gasteiger partial charge in [-0.15, -0.1) is 0 Å². The number of hydrogen-bond acceptors (Lipinski definition) is 1. The highest BCUT2D eigenvalue weighted by Gasteiger charge is 2.21. The summed E-state index contributed by atoms with van der Waals surface area (Å²) in [5.41, 5.74) is 4.78. The molecule has 0 saturated heterocycles. The van der Waals surface area contributed by atoms with Gasteiger partial charge in [0.25, 0.3) is 0 Å². The SMILES string of the molecule is CC1(Nc2ccc3c(c2)c2ccccc2n3-c2ccccc2)C=CC=CC1. The minimum Gasteiger partial charge on any atom is -0.376 e. The molecule has 1 aliphatic carbocycles. The number of para-hydroxylation sites is 2. The van der Waals surface area contributed by atoms with Crippen molar-refractivity contribution >= 4 is 27.5 Å². The third kappa shape index (κ3) is 2.74. The van der Waals surface area contributed by atoms with Crippen LogP contribution in [0.25, 0.3) is 27.5 Å². The Bertz CT molecular complexity index is 1180. The van der Waals surface area contributed by atoms with Crippen molar-refractivity contribution in [2.75, 3.05) is 5.32 Å². The van der Waals surface area contributed by atoms with Crippen LogP contribution in [0.2, 0.25) is 0 Å². The van der Waals surface area contributed by atoms with E-state index in [1.807, 2.05) is 0 Å². The Kier molecular flexibility index (Phi) is 3.64. The van der Waals surface area contributed by atoms with E-state index in [2.05, 4.69) is 114 Å². The summed E-state index contributed by atoms with van der Waals surface area (Å²) in [5, 5.41) is 6.27. The lowest BCUT2D eigenvalue weighted by atomic mass is 9.93. The predicted octanol–water partition coefficient (Wildman–Crippen LogP) is 6.47. The monoisotopic (exact) mass is 350 g/mol. The Balaban J connectivity index is 1.69. The molecule has 2 heteroatoms. The minimum absolute atomic E-state index is 0.0414. The summed E-state index contributed by atoms with van der Waals surface area (Å²) in [6, 6.07) is 25.9. The van der Waals surface area contributed by atoms with E-state index in [1.54, 1.807) is 0 Å². The van der Waals surface area contributed by atoms with Gasteiger partial charge in [-0.25, -0.2) is 0 Å². The fourth-order valence-electron chi connectivity index (χ4n) is 4.06. The highest BCUT2D eigenvalue weighted by molar-refractivity contribution is 6.10. The number of anilines is 1. The zero-order chi connectivity index (χ0) is 18.3. The summed E-state index contributed by atoms with van der Waals surface area (Å²) in [6.45, 7) is 2.24. The summed E-state index contributed by atoms with van der Waals surface area (Å²) in [4.78, 5) is 0. The van der Waals surface area contributed by atoms with Crippen molar-refractivity contribution in [3.63, 3.8) is 0 Å². The molecule has 0 bridgehead atoms. The molecule has 4 aromatic rings. The maximum Gasteiger partial charge on any atom is 0.0565 e. The van der Waals surface area contributed by atoms with E-state index in [-0.39, 0.29) is 5.54 Å². The third-order valence-electron chi connectivity index (χ3n) is 5.37. The van der Waals surface area contributed by atoms with Crippen molar-refractivity contribution in [3.05, 3.63) is 97.1 Å². The fourth-order valence-corrected chi connectivity index (χ4v) is 4.06. The Morgan fingerprint density at radius 1 is 0.815 bits per heavy atom. The van der Waals surface area contributed by atoms with E-state index in [9.17, 15) is 0 Å². The number of allylic oxidation sites excluding steroid dienone is 2. The highest BCUT2D eigenvalue weighted by atomic mass is 15.0. The second-order valence-electron chi connectivity index (χ2n) is 7.45. The number of benzene rings is 3. The Morgan fingerprint density at radius 3 is 2.41 bits per heavy atom. The quantitative estimate of drug-likeness (QED) is 0.448. The number of hydrogen-bond donors (Lipinski definition) is 1. The van der Waals surface area contributed by atoms with E-state index in [0.29, 0.717) is 0 Å². The average molecular weight is 350 g/mol. The molecule has 27 heavy (non-hydrogen) atoms. The Hall–Kier alpha value is -3.26. The van der Waals surface area contributed by atoms with Crippen molar-refractivity contribution < 1.29 is 0 Å². The smallest absolute Gasteiger partial charge is 0.0565 e. The van der Waals surface area contributed by atoms with Crippen LogP contribution in [0.15, 0.2) is 97.1 Å². The molecule has 0 amide bonds. The van der Waals surface area contributed by atoms with Crippen LogP contribution in [0.5, 0.6) is 0 Å². The van der Waals surface area contributed by atoms with Gasteiger partial charge < -0.3 is 9.88 Å². The van der Waals surface area contributed by atoms with Crippen molar-refractivity contribution in [2.24, 2.45) is 0 Å². The van der Waals surface area contributed by atoms with E-state index in [1.165, 1.54) is 27.5 Å². The van der Waals surface area contributed by atoms with E-state index >= 15 is 0 Å². The summed E-state index contributed by atoms with van der Waals surface area (Å²) >= 11 is 0. The maximum atomic E-state index is 3.72. The minimum atomic E-state index is -0.0414. The molecule has 1 heterocycles. The topological polar surface area (TPSA) is 17.0 Å². The van der Waals surface area contributed by atoms with Gasteiger partial charge in [0.1, 0.15) is 0 Å². The molecular weight excluding hydrogens is 328 g/mol. The highest BCUT2D eigenvalue weighted by Crippen LogP contribution is 2.34. The number of nitrogens with one attached hydrogen (secondary N) is 1.